The van der Waals surface area contributed by atoms with Gasteiger partial charge in [-0.3, -0.25) is 0 Å². The number of hydrogen-bond acceptors (Lipinski definition) is 5. The highest BCUT2D eigenvalue weighted by molar-refractivity contribution is 4.91. The summed E-state index contributed by atoms with van der Waals surface area (Å²) < 4.78 is 7.69. The Morgan fingerprint density at radius 1 is 1.40 bits per heavy atom. The summed E-state index contributed by atoms with van der Waals surface area (Å²) in [6.07, 6.45) is 2.51. The third-order valence-corrected chi connectivity index (χ3v) is 3.94. The summed E-state index contributed by atoms with van der Waals surface area (Å²) in [6, 6.07) is 0.176. The minimum atomic E-state index is 0.176. The highest BCUT2D eigenvalue weighted by Crippen LogP contribution is 2.25. The van der Waals surface area contributed by atoms with Crippen LogP contribution in [-0.2, 0) is 11.3 Å². The molecule has 1 aliphatic heterocycles. The maximum Gasteiger partial charge on any atom is 0.167 e. The van der Waals surface area contributed by atoms with Crippen molar-refractivity contribution in [2.24, 2.45) is 11.8 Å². The van der Waals surface area contributed by atoms with Crippen LogP contribution in [0, 0.1) is 11.8 Å². The Morgan fingerprint density at radius 3 is 2.90 bits per heavy atom. The summed E-state index contributed by atoms with van der Waals surface area (Å²) >= 11 is 0. The third kappa shape index (κ3) is 3.76. The Balaban J connectivity index is 1.97. The predicted molar refractivity (Wildman–Crippen MR) is 77.2 cm³/mol. The number of nitrogens with zero attached hydrogens (tertiary/aromatic N) is 4. The molecule has 6 nitrogen and oxygen atoms in total. The highest BCUT2D eigenvalue weighted by Gasteiger charge is 2.28. The lowest BCUT2D eigenvalue weighted by Crippen LogP contribution is -2.28. The fourth-order valence-electron chi connectivity index (χ4n) is 2.73. The summed E-state index contributed by atoms with van der Waals surface area (Å²) in [5.41, 5.74) is 0. The molecule has 0 amide bonds. The number of aromatic nitrogens is 4. The minimum absolute atomic E-state index is 0.176. The van der Waals surface area contributed by atoms with E-state index < -0.39 is 0 Å². The summed E-state index contributed by atoms with van der Waals surface area (Å²) in [6.45, 7) is 11.4. The summed E-state index contributed by atoms with van der Waals surface area (Å²) in [7, 11) is 0. The van der Waals surface area contributed by atoms with E-state index in [1.165, 1.54) is 0 Å². The van der Waals surface area contributed by atoms with Crippen LogP contribution in [0.3, 0.4) is 0 Å². The second-order valence-electron chi connectivity index (χ2n) is 6.11. The number of nitrogens with one attached hydrogen (secondary N) is 1. The zero-order chi connectivity index (χ0) is 14.5. The summed E-state index contributed by atoms with van der Waals surface area (Å²) in [5.74, 6) is 2.07. The largest absolute Gasteiger partial charge is 0.378 e. The van der Waals surface area contributed by atoms with Gasteiger partial charge in [-0.1, -0.05) is 20.8 Å². The van der Waals surface area contributed by atoms with Crippen LogP contribution in [0.2, 0.25) is 0 Å². The van der Waals surface area contributed by atoms with E-state index in [2.05, 4.69) is 48.5 Å². The van der Waals surface area contributed by atoms with Gasteiger partial charge in [0.05, 0.1) is 18.7 Å². The quantitative estimate of drug-likeness (QED) is 0.825. The first kappa shape index (κ1) is 15.4. The molecule has 0 radical (unpaired) electrons. The molecule has 0 spiro atoms. The van der Waals surface area contributed by atoms with Crippen LogP contribution in [0.1, 0.15) is 52.4 Å². The molecule has 0 aliphatic carbocycles. The Kier molecular flexibility index (Phi) is 5.48. The molecule has 2 rings (SSSR count). The first-order valence-corrected chi connectivity index (χ1v) is 7.72. The monoisotopic (exact) mass is 281 g/mol. The maximum atomic E-state index is 5.75. The Labute approximate surface area is 121 Å². The van der Waals surface area contributed by atoms with Crippen LogP contribution >= 0.6 is 0 Å². The van der Waals surface area contributed by atoms with Crippen molar-refractivity contribution in [2.75, 3.05) is 13.2 Å². The van der Waals surface area contributed by atoms with Crippen LogP contribution in [0.15, 0.2) is 0 Å². The van der Waals surface area contributed by atoms with Gasteiger partial charge in [-0.15, -0.1) is 5.10 Å². The normalized spacial score (nSPS) is 24.4. The van der Waals surface area contributed by atoms with Crippen molar-refractivity contribution in [3.05, 3.63) is 5.82 Å². The number of hydrogen-bond donors (Lipinski definition) is 1. The van der Waals surface area contributed by atoms with E-state index in [0.29, 0.717) is 17.9 Å². The van der Waals surface area contributed by atoms with Gasteiger partial charge in [0, 0.05) is 12.5 Å². The molecule has 0 bridgehead atoms. The smallest absolute Gasteiger partial charge is 0.167 e. The van der Waals surface area contributed by atoms with Crippen LogP contribution in [0.5, 0.6) is 0 Å². The lowest BCUT2D eigenvalue weighted by Gasteiger charge is -2.19. The average Bonchev–Trinajstić information content (AvgIpc) is 3.05. The maximum absolute atomic E-state index is 5.75. The Bertz CT molecular complexity index is 406. The fraction of sp³-hybridized carbons (Fsp3) is 0.929. The Hall–Kier alpha value is -1.01. The average molecular weight is 281 g/mol. The molecular formula is C14H27N5O. The second kappa shape index (κ2) is 7.13. The molecule has 2 heterocycles. The standard InChI is InChI=1S/C14H27N5O/c1-5-13-12(6-7-20-13)9-19-14(16-17-18-19)11(4)15-8-10(2)3/h10-13,15H,5-9H2,1-4H3. The topological polar surface area (TPSA) is 64.9 Å². The van der Waals surface area contributed by atoms with E-state index in [4.69, 9.17) is 4.74 Å². The van der Waals surface area contributed by atoms with E-state index in [9.17, 15) is 0 Å². The van der Waals surface area contributed by atoms with Crippen LogP contribution < -0.4 is 5.32 Å². The van der Waals surface area contributed by atoms with Gasteiger partial charge < -0.3 is 10.1 Å². The highest BCUT2D eigenvalue weighted by atomic mass is 16.5. The zero-order valence-electron chi connectivity index (χ0n) is 13.0. The molecule has 1 fully saturated rings. The molecule has 1 aromatic heterocycles. The van der Waals surface area contributed by atoms with Crippen molar-refractivity contribution >= 4 is 0 Å². The van der Waals surface area contributed by atoms with Crippen molar-refractivity contribution in [3.63, 3.8) is 0 Å². The molecule has 1 saturated heterocycles. The predicted octanol–water partition coefficient (Wildman–Crippen LogP) is 1.79. The molecule has 0 aromatic carbocycles. The molecule has 0 saturated carbocycles. The van der Waals surface area contributed by atoms with Crippen molar-refractivity contribution in [1.29, 1.82) is 0 Å². The fourth-order valence-corrected chi connectivity index (χ4v) is 2.73. The van der Waals surface area contributed by atoms with Crippen LogP contribution in [0.4, 0.5) is 0 Å². The van der Waals surface area contributed by atoms with Crippen molar-refractivity contribution < 1.29 is 4.74 Å². The van der Waals surface area contributed by atoms with Gasteiger partial charge in [-0.2, -0.15) is 0 Å². The molecule has 3 unspecified atom stereocenters. The number of ether oxygens (including phenoxy) is 1. The first-order valence-electron chi connectivity index (χ1n) is 7.72. The van der Waals surface area contributed by atoms with E-state index in [1.807, 2.05) is 4.68 Å². The Morgan fingerprint density at radius 2 is 2.20 bits per heavy atom. The van der Waals surface area contributed by atoms with Crippen molar-refractivity contribution in [3.8, 4) is 0 Å². The van der Waals surface area contributed by atoms with E-state index >= 15 is 0 Å². The molecule has 1 N–H and O–H groups in total. The molecule has 20 heavy (non-hydrogen) atoms. The molecular weight excluding hydrogens is 254 g/mol. The van der Waals surface area contributed by atoms with Gasteiger partial charge in [0.2, 0.25) is 0 Å². The molecule has 114 valence electrons. The van der Waals surface area contributed by atoms with Gasteiger partial charge in [0.1, 0.15) is 0 Å². The molecule has 6 heteroatoms. The SMILES string of the molecule is CCC1OCCC1Cn1nnnc1C(C)NCC(C)C. The minimum Gasteiger partial charge on any atom is -0.378 e. The van der Waals surface area contributed by atoms with Crippen molar-refractivity contribution in [2.45, 2.75) is 59.2 Å². The third-order valence-electron chi connectivity index (χ3n) is 3.94. The first-order chi connectivity index (χ1) is 9.61. The molecule has 1 aromatic rings. The van der Waals surface area contributed by atoms with Crippen LogP contribution in [-0.4, -0.2) is 39.5 Å². The summed E-state index contributed by atoms with van der Waals surface area (Å²) in [5, 5.41) is 15.7. The van der Waals surface area contributed by atoms with Gasteiger partial charge >= 0.3 is 0 Å². The van der Waals surface area contributed by atoms with E-state index in [1.54, 1.807) is 0 Å². The molecule has 3 atom stereocenters. The van der Waals surface area contributed by atoms with E-state index in [0.717, 1.165) is 38.4 Å². The van der Waals surface area contributed by atoms with Crippen LogP contribution in [0.25, 0.3) is 0 Å². The number of tetrazole rings is 1. The van der Waals surface area contributed by atoms with Gasteiger partial charge in [0.15, 0.2) is 5.82 Å². The second-order valence-corrected chi connectivity index (χ2v) is 6.11. The zero-order valence-corrected chi connectivity index (χ0v) is 13.0. The van der Waals surface area contributed by atoms with Gasteiger partial charge in [0.25, 0.3) is 0 Å². The summed E-state index contributed by atoms with van der Waals surface area (Å²) in [4.78, 5) is 0. The van der Waals surface area contributed by atoms with Gasteiger partial charge in [-0.05, 0) is 42.7 Å². The number of rotatable bonds is 7. The molecule has 1 aliphatic rings. The lowest BCUT2D eigenvalue weighted by atomic mass is 10.00. The van der Waals surface area contributed by atoms with Gasteiger partial charge in [-0.25, -0.2) is 4.68 Å². The van der Waals surface area contributed by atoms with Crippen molar-refractivity contribution in [1.82, 2.24) is 25.5 Å². The van der Waals surface area contributed by atoms with E-state index in [-0.39, 0.29) is 6.04 Å². The lowest BCUT2D eigenvalue weighted by molar-refractivity contribution is 0.0820.